The highest BCUT2D eigenvalue weighted by molar-refractivity contribution is 6.28. The zero-order chi connectivity index (χ0) is 31.9. The molecule has 0 aliphatic carbocycles. The van der Waals surface area contributed by atoms with Crippen LogP contribution in [0.4, 0.5) is 10.2 Å². The summed E-state index contributed by atoms with van der Waals surface area (Å²) in [5, 5.41) is 43.2. The summed E-state index contributed by atoms with van der Waals surface area (Å²) < 4.78 is 26.1. The fourth-order valence-electron chi connectivity index (χ4n) is 4.27. The number of imidazole rings is 1. The standard InChI is InChI=1S/C29H27ClFN5O8/c1-2-21(38)25(44-20(14-37)15-43-29(26(39)40,27(41)42)12-17-7-4-3-5-8-17)36-16-33-22-23(34-28(30)35-24(22)36)32-13-18-9-6-10-19(31)11-18/h1,3-11,16,20-21,25,37-38H,12-15H2,(H,39,40)(H,41,42)(H,32,34,35)/t20-,21+,25+/m0/s1. The zero-order valence-corrected chi connectivity index (χ0v) is 23.6. The molecule has 0 aliphatic heterocycles. The van der Waals surface area contributed by atoms with Gasteiger partial charge in [-0.05, 0) is 34.9 Å². The molecule has 0 aliphatic rings. The lowest BCUT2D eigenvalue weighted by molar-refractivity contribution is -0.195. The molecule has 13 nitrogen and oxygen atoms in total. The molecule has 0 saturated carbocycles. The van der Waals surface area contributed by atoms with Crippen molar-refractivity contribution in [2.24, 2.45) is 0 Å². The predicted molar refractivity (Wildman–Crippen MR) is 154 cm³/mol. The van der Waals surface area contributed by atoms with Crippen molar-refractivity contribution in [3.63, 3.8) is 0 Å². The average molecular weight is 628 g/mol. The third-order valence-electron chi connectivity index (χ3n) is 6.50. The minimum absolute atomic E-state index is 0.0538. The number of anilines is 1. The Labute approximate surface area is 254 Å². The van der Waals surface area contributed by atoms with Gasteiger partial charge in [-0.2, -0.15) is 9.97 Å². The summed E-state index contributed by atoms with van der Waals surface area (Å²) in [6.07, 6.45) is 1.64. The number of aromatic nitrogens is 4. The number of benzene rings is 2. The van der Waals surface area contributed by atoms with Crippen molar-refractivity contribution in [3.8, 4) is 12.3 Å². The highest BCUT2D eigenvalue weighted by Gasteiger charge is 2.49. The summed E-state index contributed by atoms with van der Waals surface area (Å²) in [6.45, 7) is -1.35. The van der Waals surface area contributed by atoms with Gasteiger partial charge in [-0.25, -0.2) is 19.0 Å². The van der Waals surface area contributed by atoms with Crippen molar-refractivity contribution in [1.29, 1.82) is 0 Å². The highest BCUT2D eigenvalue weighted by atomic mass is 35.5. The van der Waals surface area contributed by atoms with Gasteiger partial charge < -0.3 is 35.2 Å². The Morgan fingerprint density at radius 3 is 2.45 bits per heavy atom. The Morgan fingerprint density at radius 1 is 1.11 bits per heavy atom. The highest BCUT2D eigenvalue weighted by Crippen LogP contribution is 2.28. The third-order valence-corrected chi connectivity index (χ3v) is 6.67. The maximum Gasteiger partial charge on any atom is 0.348 e. The van der Waals surface area contributed by atoms with Gasteiger partial charge in [0.25, 0.3) is 5.60 Å². The lowest BCUT2D eigenvalue weighted by Gasteiger charge is -2.30. The van der Waals surface area contributed by atoms with Crippen molar-refractivity contribution < 1.29 is 43.9 Å². The summed E-state index contributed by atoms with van der Waals surface area (Å²) in [7, 11) is 0. The normalized spacial score (nSPS) is 13.6. The Kier molecular flexibility index (Phi) is 10.4. The zero-order valence-electron chi connectivity index (χ0n) is 22.9. The van der Waals surface area contributed by atoms with E-state index in [4.69, 9.17) is 27.5 Å². The Hall–Kier alpha value is -4.65. The summed E-state index contributed by atoms with van der Waals surface area (Å²) in [5.41, 5.74) is -1.50. The SMILES string of the molecule is C#C[C@@H](O)[C@@H](O[C@@H](CO)COC(Cc1ccccc1)(C(=O)O)C(=O)O)n1cnc2c(NCc3cccc(F)c3)nc(Cl)nc21. The number of carboxylic acids is 2. The van der Waals surface area contributed by atoms with E-state index >= 15 is 0 Å². The van der Waals surface area contributed by atoms with E-state index in [2.05, 4.69) is 26.2 Å². The quantitative estimate of drug-likeness (QED) is 0.0735. The minimum atomic E-state index is -2.72. The van der Waals surface area contributed by atoms with Gasteiger partial charge in [0.15, 0.2) is 29.3 Å². The number of hydrogen-bond donors (Lipinski definition) is 5. The van der Waals surface area contributed by atoms with Crippen LogP contribution >= 0.6 is 11.6 Å². The first-order valence-electron chi connectivity index (χ1n) is 13.0. The van der Waals surface area contributed by atoms with Gasteiger partial charge in [0.2, 0.25) is 5.28 Å². The van der Waals surface area contributed by atoms with Crippen LogP contribution in [0.1, 0.15) is 17.4 Å². The fourth-order valence-corrected chi connectivity index (χ4v) is 4.44. The number of aliphatic carboxylic acids is 2. The predicted octanol–water partition coefficient (Wildman–Crippen LogP) is 2.27. The molecule has 4 aromatic rings. The van der Waals surface area contributed by atoms with E-state index in [9.17, 15) is 34.4 Å². The summed E-state index contributed by atoms with van der Waals surface area (Å²) in [4.78, 5) is 36.9. The van der Waals surface area contributed by atoms with Crippen molar-refractivity contribution in [3.05, 3.63) is 83.2 Å². The molecule has 0 bridgehead atoms. The van der Waals surface area contributed by atoms with Crippen LogP contribution in [0.3, 0.4) is 0 Å². The number of aliphatic hydroxyl groups excluding tert-OH is 2. The number of carboxylic acid groups (broad SMARTS) is 2. The van der Waals surface area contributed by atoms with E-state index in [0.29, 0.717) is 11.1 Å². The molecular weight excluding hydrogens is 601 g/mol. The molecule has 2 aromatic carbocycles. The average Bonchev–Trinajstić information content (AvgIpc) is 3.42. The van der Waals surface area contributed by atoms with Crippen LogP contribution in [0.5, 0.6) is 0 Å². The van der Waals surface area contributed by atoms with E-state index < -0.39 is 61.4 Å². The number of nitrogens with one attached hydrogen (secondary N) is 1. The van der Waals surface area contributed by atoms with E-state index in [1.807, 2.05) is 0 Å². The smallest absolute Gasteiger partial charge is 0.348 e. The van der Waals surface area contributed by atoms with E-state index in [0.717, 1.165) is 0 Å². The van der Waals surface area contributed by atoms with Crippen LogP contribution < -0.4 is 5.32 Å². The number of hydrogen-bond acceptors (Lipinski definition) is 10. The van der Waals surface area contributed by atoms with Gasteiger partial charge in [-0.3, -0.25) is 4.57 Å². The topological polar surface area (TPSA) is 189 Å². The number of carbonyl (C=O) groups is 2. The minimum Gasteiger partial charge on any atom is -0.479 e. The van der Waals surface area contributed by atoms with E-state index in [1.54, 1.807) is 42.5 Å². The lowest BCUT2D eigenvalue weighted by atomic mass is 9.94. The van der Waals surface area contributed by atoms with Crippen LogP contribution in [-0.2, 0) is 32.0 Å². The van der Waals surface area contributed by atoms with Gasteiger partial charge in [-0.15, -0.1) is 6.42 Å². The van der Waals surface area contributed by atoms with E-state index in [1.165, 1.54) is 23.0 Å². The number of fused-ring (bicyclic) bond motifs is 1. The first-order valence-corrected chi connectivity index (χ1v) is 13.4. The fraction of sp³-hybridized carbons (Fsp3) is 0.276. The summed E-state index contributed by atoms with van der Waals surface area (Å²) in [5.74, 6) is -1.67. The Balaban J connectivity index is 1.60. The second-order valence-electron chi connectivity index (χ2n) is 9.50. The van der Waals surface area contributed by atoms with Crippen LogP contribution in [0.2, 0.25) is 5.28 Å². The first kappa shape index (κ1) is 32.3. The molecule has 0 saturated heterocycles. The molecule has 0 unspecified atom stereocenters. The summed E-state index contributed by atoms with van der Waals surface area (Å²) in [6, 6.07) is 13.9. The second kappa shape index (κ2) is 14.2. The molecule has 0 radical (unpaired) electrons. The molecule has 2 aromatic heterocycles. The molecular formula is C29H27ClFN5O8. The third kappa shape index (κ3) is 7.28. The number of terminal acetylenes is 1. The number of aliphatic hydroxyl groups is 2. The first-order chi connectivity index (χ1) is 21.1. The number of nitrogens with zero attached hydrogens (tertiary/aromatic N) is 4. The van der Waals surface area contributed by atoms with Gasteiger partial charge in [0.05, 0.1) is 19.5 Å². The molecule has 0 fully saturated rings. The summed E-state index contributed by atoms with van der Waals surface area (Å²) >= 11 is 6.16. The van der Waals surface area contributed by atoms with Crippen molar-refractivity contribution >= 4 is 40.5 Å². The molecule has 5 N–H and O–H groups in total. The maximum atomic E-state index is 13.6. The molecule has 0 amide bonds. The second-order valence-corrected chi connectivity index (χ2v) is 9.84. The molecule has 0 spiro atoms. The van der Waals surface area contributed by atoms with Crippen molar-refractivity contribution in [1.82, 2.24) is 19.5 Å². The largest absolute Gasteiger partial charge is 0.479 e. The Morgan fingerprint density at radius 2 is 1.82 bits per heavy atom. The number of rotatable bonds is 15. The molecule has 2 heterocycles. The molecule has 44 heavy (non-hydrogen) atoms. The van der Waals surface area contributed by atoms with Crippen LogP contribution in [0.15, 0.2) is 60.9 Å². The van der Waals surface area contributed by atoms with E-state index in [-0.39, 0.29) is 28.8 Å². The Bertz CT molecular complexity index is 1650. The molecule has 15 heteroatoms. The van der Waals surface area contributed by atoms with Crippen LogP contribution in [0.25, 0.3) is 11.2 Å². The monoisotopic (exact) mass is 627 g/mol. The molecule has 4 rings (SSSR count). The van der Waals surface area contributed by atoms with Crippen molar-refractivity contribution in [2.45, 2.75) is 37.0 Å². The van der Waals surface area contributed by atoms with Gasteiger partial charge in [0, 0.05) is 13.0 Å². The lowest BCUT2D eigenvalue weighted by Crippen LogP contribution is -2.52. The van der Waals surface area contributed by atoms with Gasteiger partial charge >= 0.3 is 11.9 Å². The van der Waals surface area contributed by atoms with Crippen molar-refractivity contribution in [2.75, 3.05) is 18.5 Å². The van der Waals surface area contributed by atoms with Gasteiger partial charge in [0.1, 0.15) is 11.9 Å². The maximum absolute atomic E-state index is 13.6. The number of ether oxygens (including phenoxy) is 2. The molecule has 230 valence electrons. The van der Waals surface area contributed by atoms with Crippen LogP contribution in [0, 0.1) is 18.2 Å². The molecule has 3 atom stereocenters. The van der Waals surface area contributed by atoms with Crippen LogP contribution in [-0.4, -0.2) is 82.9 Å². The van der Waals surface area contributed by atoms with Gasteiger partial charge in [-0.1, -0.05) is 48.4 Å². The number of halogens is 2.